The van der Waals surface area contributed by atoms with E-state index in [-0.39, 0.29) is 11.9 Å². The summed E-state index contributed by atoms with van der Waals surface area (Å²) >= 11 is 0. The number of aryl methyl sites for hydroxylation is 1. The molecule has 1 N–H and O–H groups in total. The van der Waals surface area contributed by atoms with Gasteiger partial charge in [0.1, 0.15) is 0 Å². The number of benzene rings is 1. The molecule has 1 aliphatic heterocycles. The SMILES string of the molecule is Cc1ccccc1CS(=O)(=O)NCC1CCCO1. The first-order valence-electron chi connectivity index (χ1n) is 6.20. The Morgan fingerprint density at radius 2 is 2.17 bits per heavy atom. The standard InChI is InChI=1S/C13H19NO3S/c1-11-5-2-3-6-12(11)10-18(15,16)14-9-13-7-4-8-17-13/h2-3,5-6,13-14H,4,7-10H2,1H3. The van der Waals surface area contributed by atoms with Gasteiger partial charge in [-0.15, -0.1) is 0 Å². The Morgan fingerprint density at radius 1 is 1.39 bits per heavy atom. The number of rotatable bonds is 5. The van der Waals surface area contributed by atoms with Crippen molar-refractivity contribution in [3.05, 3.63) is 35.4 Å². The van der Waals surface area contributed by atoms with E-state index in [4.69, 9.17) is 4.74 Å². The average molecular weight is 269 g/mol. The van der Waals surface area contributed by atoms with E-state index in [1.807, 2.05) is 31.2 Å². The van der Waals surface area contributed by atoms with Crippen LogP contribution in [-0.2, 0) is 20.5 Å². The van der Waals surface area contributed by atoms with Crippen molar-refractivity contribution in [1.29, 1.82) is 0 Å². The topological polar surface area (TPSA) is 55.4 Å². The minimum atomic E-state index is -3.27. The molecule has 5 heteroatoms. The van der Waals surface area contributed by atoms with Gasteiger partial charge in [0.2, 0.25) is 10.0 Å². The summed E-state index contributed by atoms with van der Waals surface area (Å²) in [6.07, 6.45) is 1.99. The second-order valence-corrected chi connectivity index (χ2v) is 6.48. The van der Waals surface area contributed by atoms with Crippen LogP contribution < -0.4 is 4.72 Å². The molecule has 1 aromatic carbocycles. The lowest BCUT2D eigenvalue weighted by Gasteiger charge is -2.12. The third-order valence-electron chi connectivity index (χ3n) is 3.16. The summed E-state index contributed by atoms with van der Waals surface area (Å²) in [5.41, 5.74) is 1.84. The molecule has 0 aliphatic carbocycles. The van der Waals surface area contributed by atoms with E-state index >= 15 is 0 Å². The number of hydrogen-bond donors (Lipinski definition) is 1. The highest BCUT2D eigenvalue weighted by atomic mass is 32.2. The Labute approximate surface area is 108 Å². The van der Waals surface area contributed by atoms with Crippen molar-refractivity contribution in [3.63, 3.8) is 0 Å². The zero-order chi connectivity index (χ0) is 13.0. The van der Waals surface area contributed by atoms with Crippen LogP contribution >= 0.6 is 0 Å². The summed E-state index contributed by atoms with van der Waals surface area (Å²) in [5, 5.41) is 0. The molecule has 0 amide bonds. The average Bonchev–Trinajstić information content (AvgIpc) is 2.83. The van der Waals surface area contributed by atoms with Crippen LogP contribution in [-0.4, -0.2) is 27.7 Å². The van der Waals surface area contributed by atoms with Crippen LogP contribution in [0.3, 0.4) is 0 Å². The summed E-state index contributed by atoms with van der Waals surface area (Å²) in [5.74, 6) is 0.0341. The van der Waals surface area contributed by atoms with Crippen molar-refractivity contribution < 1.29 is 13.2 Å². The van der Waals surface area contributed by atoms with Gasteiger partial charge in [-0.3, -0.25) is 0 Å². The predicted molar refractivity (Wildman–Crippen MR) is 70.8 cm³/mol. The van der Waals surface area contributed by atoms with Gasteiger partial charge >= 0.3 is 0 Å². The van der Waals surface area contributed by atoms with E-state index in [0.717, 1.165) is 30.6 Å². The first kappa shape index (κ1) is 13.5. The van der Waals surface area contributed by atoms with Gasteiger partial charge in [-0.1, -0.05) is 24.3 Å². The van der Waals surface area contributed by atoms with Crippen molar-refractivity contribution >= 4 is 10.0 Å². The second-order valence-electron chi connectivity index (χ2n) is 4.67. The Bertz CT molecular complexity index is 493. The molecule has 0 saturated carbocycles. The maximum atomic E-state index is 11.9. The molecule has 0 aromatic heterocycles. The maximum absolute atomic E-state index is 11.9. The largest absolute Gasteiger partial charge is 0.377 e. The first-order valence-corrected chi connectivity index (χ1v) is 7.85. The van der Waals surface area contributed by atoms with E-state index in [9.17, 15) is 8.42 Å². The molecule has 100 valence electrons. The lowest BCUT2D eigenvalue weighted by molar-refractivity contribution is 0.114. The highest BCUT2D eigenvalue weighted by Gasteiger charge is 2.19. The fraction of sp³-hybridized carbons (Fsp3) is 0.538. The Kier molecular flexibility index (Phi) is 4.37. The van der Waals surface area contributed by atoms with Crippen LogP contribution in [0.1, 0.15) is 24.0 Å². The second kappa shape index (κ2) is 5.82. The third-order valence-corrected chi connectivity index (χ3v) is 4.46. The van der Waals surface area contributed by atoms with Gasteiger partial charge in [-0.25, -0.2) is 13.1 Å². The summed E-state index contributed by atoms with van der Waals surface area (Å²) in [6, 6.07) is 7.54. The van der Waals surface area contributed by atoms with E-state index < -0.39 is 10.0 Å². The molecule has 1 saturated heterocycles. The maximum Gasteiger partial charge on any atom is 0.215 e. The fourth-order valence-corrected chi connectivity index (χ4v) is 3.33. The summed E-state index contributed by atoms with van der Waals surface area (Å²) in [7, 11) is -3.27. The van der Waals surface area contributed by atoms with Gasteiger partial charge in [0, 0.05) is 13.2 Å². The summed E-state index contributed by atoms with van der Waals surface area (Å²) in [4.78, 5) is 0. The molecule has 2 rings (SSSR count). The molecule has 1 unspecified atom stereocenters. The quantitative estimate of drug-likeness (QED) is 0.883. The minimum Gasteiger partial charge on any atom is -0.377 e. The number of hydrogen-bond acceptors (Lipinski definition) is 3. The first-order chi connectivity index (χ1) is 8.57. The monoisotopic (exact) mass is 269 g/mol. The van der Waals surface area contributed by atoms with Gasteiger partial charge in [-0.2, -0.15) is 0 Å². The zero-order valence-corrected chi connectivity index (χ0v) is 11.4. The van der Waals surface area contributed by atoms with E-state index in [1.54, 1.807) is 0 Å². The van der Waals surface area contributed by atoms with E-state index in [1.165, 1.54) is 0 Å². The number of nitrogens with one attached hydrogen (secondary N) is 1. The Morgan fingerprint density at radius 3 is 2.83 bits per heavy atom. The molecule has 18 heavy (non-hydrogen) atoms. The Hall–Kier alpha value is -0.910. The van der Waals surface area contributed by atoms with Crippen LogP contribution in [0.15, 0.2) is 24.3 Å². The molecule has 1 heterocycles. The van der Waals surface area contributed by atoms with Crippen LogP contribution in [0.5, 0.6) is 0 Å². The third kappa shape index (κ3) is 3.80. The molecule has 1 atom stereocenters. The molecule has 4 nitrogen and oxygen atoms in total. The zero-order valence-electron chi connectivity index (χ0n) is 10.6. The molecule has 0 spiro atoms. The minimum absolute atomic E-state index is 0.0341. The van der Waals surface area contributed by atoms with Crippen molar-refractivity contribution in [3.8, 4) is 0 Å². The lowest BCUT2D eigenvalue weighted by atomic mass is 10.1. The van der Waals surface area contributed by atoms with Crippen molar-refractivity contribution in [1.82, 2.24) is 4.72 Å². The lowest BCUT2D eigenvalue weighted by Crippen LogP contribution is -2.32. The van der Waals surface area contributed by atoms with Crippen LogP contribution in [0.25, 0.3) is 0 Å². The van der Waals surface area contributed by atoms with Gasteiger partial charge in [-0.05, 0) is 30.9 Å². The van der Waals surface area contributed by atoms with Crippen LogP contribution in [0.2, 0.25) is 0 Å². The molecule has 0 bridgehead atoms. The van der Waals surface area contributed by atoms with Crippen molar-refractivity contribution in [2.75, 3.05) is 13.2 Å². The summed E-state index contributed by atoms with van der Waals surface area (Å²) < 4.78 is 31.9. The molecule has 1 aromatic rings. The number of sulfonamides is 1. The van der Waals surface area contributed by atoms with Crippen LogP contribution in [0.4, 0.5) is 0 Å². The molecular formula is C13H19NO3S. The van der Waals surface area contributed by atoms with Gasteiger partial charge < -0.3 is 4.74 Å². The van der Waals surface area contributed by atoms with Gasteiger partial charge in [0.15, 0.2) is 0 Å². The van der Waals surface area contributed by atoms with E-state index in [0.29, 0.717) is 6.54 Å². The highest BCUT2D eigenvalue weighted by molar-refractivity contribution is 7.88. The normalized spacial score (nSPS) is 20.2. The van der Waals surface area contributed by atoms with Crippen LogP contribution in [0, 0.1) is 6.92 Å². The highest BCUT2D eigenvalue weighted by Crippen LogP contribution is 2.13. The number of ether oxygens (including phenoxy) is 1. The fourth-order valence-electron chi connectivity index (χ4n) is 2.05. The van der Waals surface area contributed by atoms with Crippen molar-refractivity contribution in [2.45, 2.75) is 31.6 Å². The molecule has 1 fully saturated rings. The van der Waals surface area contributed by atoms with E-state index in [2.05, 4.69) is 4.72 Å². The predicted octanol–water partition coefficient (Wildman–Crippen LogP) is 1.59. The Balaban J connectivity index is 1.92. The van der Waals surface area contributed by atoms with Gasteiger partial charge in [0.05, 0.1) is 11.9 Å². The summed E-state index contributed by atoms with van der Waals surface area (Å²) in [6.45, 7) is 3.04. The molecule has 1 aliphatic rings. The van der Waals surface area contributed by atoms with Crippen molar-refractivity contribution in [2.24, 2.45) is 0 Å². The van der Waals surface area contributed by atoms with Gasteiger partial charge in [0.25, 0.3) is 0 Å². The molecular weight excluding hydrogens is 250 g/mol. The molecule has 0 radical (unpaired) electrons. The smallest absolute Gasteiger partial charge is 0.215 e.